The van der Waals surface area contributed by atoms with Gasteiger partial charge in [-0.05, 0) is 25.1 Å². The summed E-state index contributed by atoms with van der Waals surface area (Å²) in [5, 5.41) is 9.69. The van der Waals surface area contributed by atoms with E-state index in [0.717, 1.165) is 4.31 Å². The molecule has 1 aliphatic rings. The molecule has 0 fully saturated rings. The molecule has 10 nitrogen and oxygen atoms in total. The number of aromatic nitrogens is 2. The lowest BCUT2D eigenvalue weighted by Crippen LogP contribution is -2.50. The lowest BCUT2D eigenvalue weighted by atomic mass is 10.0. The van der Waals surface area contributed by atoms with Gasteiger partial charge in [-0.15, -0.1) is 0 Å². The molecule has 0 aliphatic carbocycles. The second-order valence-electron chi connectivity index (χ2n) is 9.49. The molecular weight excluding hydrogens is 504 g/mol. The number of fused-ring (bicyclic) bond motifs is 1. The van der Waals surface area contributed by atoms with Crippen LogP contribution in [0.4, 0.5) is 0 Å². The number of aryl methyl sites for hydroxylation is 1. The lowest BCUT2D eigenvalue weighted by Gasteiger charge is -2.37. The summed E-state index contributed by atoms with van der Waals surface area (Å²) in [6.07, 6.45) is 2.13. The van der Waals surface area contributed by atoms with Crippen molar-refractivity contribution in [2.75, 3.05) is 26.7 Å². The molecule has 12 heteroatoms. The topological polar surface area (TPSA) is 122 Å². The molecule has 2 aromatic rings. The molecule has 3 atom stereocenters. The van der Waals surface area contributed by atoms with E-state index in [9.17, 15) is 21.9 Å². The Balaban J connectivity index is 2.06. The summed E-state index contributed by atoms with van der Waals surface area (Å²) in [5.74, 6) is 5.88. The number of nitrogens with zero attached hydrogens (tertiary/aromatic N) is 4. The van der Waals surface area contributed by atoms with Crippen LogP contribution >= 0.6 is 0 Å². The molecule has 0 saturated heterocycles. The summed E-state index contributed by atoms with van der Waals surface area (Å²) < 4.78 is 63.5. The van der Waals surface area contributed by atoms with E-state index < -0.39 is 38.1 Å². The van der Waals surface area contributed by atoms with Gasteiger partial charge in [0.2, 0.25) is 10.0 Å². The van der Waals surface area contributed by atoms with Gasteiger partial charge in [0.15, 0.2) is 5.03 Å². The van der Waals surface area contributed by atoms with E-state index in [1.165, 1.54) is 29.9 Å². The summed E-state index contributed by atoms with van der Waals surface area (Å²) in [4.78, 5) is 3.91. The molecule has 0 radical (unpaired) electrons. The van der Waals surface area contributed by atoms with E-state index in [-0.39, 0.29) is 41.3 Å². The molecule has 1 aromatic carbocycles. The summed E-state index contributed by atoms with van der Waals surface area (Å²) >= 11 is 0. The third kappa shape index (κ3) is 5.92. The summed E-state index contributed by atoms with van der Waals surface area (Å²) in [5.41, 5.74) is 0.584. The molecule has 1 N–H and O–H groups in total. The van der Waals surface area contributed by atoms with Crippen LogP contribution in [-0.4, -0.2) is 79.0 Å². The van der Waals surface area contributed by atoms with Crippen molar-refractivity contribution < 1.29 is 26.7 Å². The minimum atomic E-state index is -4.00. The third-order valence-electron chi connectivity index (χ3n) is 5.97. The molecule has 0 bridgehead atoms. The Hall–Kier alpha value is -2.43. The maximum absolute atomic E-state index is 13.6. The zero-order valence-electron chi connectivity index (χ0n) is 21.4. The maximum atomic E-state index is 13.6. The van der Waals surface area contributed by atoms with Gasteiger partial charge >= 0.3 is 0 Å². The van der Waals surface area contributed by atoms with Crippen LogP contribution in [0.3, 0.4) is 0 Å². The predicted molar refractivity (Wildman–Crippen MR) is 135 cm³/mol. The fraction of sp³-hybridized carbons (Fsp3) is 0.542. The molecule has 1 aromatic heterocycles. The Labute approximate surface area is 214 Å². The first-order valence-electron chi connectivity index (χ1n) is 11.7. The highest BCUT2D eigenvalue weighted by atomic mass is 32.2. The van der Waals surface area contributed by atoms with Gasteiger partial charge in [-0.2, -0.15) is 8.61 Å². The molecule has 0 unspecified atom stereocenters. The van der Waals surface area contributed by atoms with E-state index in [0.29, 0.717) is 5.56 Å². The van der Waals surface area contributed by atoms with Crippen molar-refractivity contribution in [2.45, 2.75) is 49.8 Å². The predicted octanol–water partition coefficient (Wildman–Crippen LogP) is 1.52. The monoisotopic (exact) mass is 538 g/mol. The van der Waals surface area contributed by atoms with Gasteiger partial charge in [0.05, 0.1) is 19.5 Å². The highest BCUT2D eigenvalue weighted by Gasteiger charge is 2.39. The Bertz CT molecular complexity index is 1360. The third-order valence-corrected chi connectivity index (χ3v) is 9.69. The molecule has 1 aliphatic heterocycles. The van der Waals surface area contributed by atoms with Crippen LogP contribution in [0.15, 0.2) is 40.6 Å². The number of benzene rings is 1. The number of rotatable bonds is 6. The molecule has 0 spiro atoms. The maximum Gasteiger partial charge on any atom is 0.261 e. The van der Waals surface area contributed by atoms with Gasteiger partial charge in [-0.3, -0.25) is 0 Å². The van der Waals surface area contributed by atoms with Crippen LogP contribution in [0.25, 0.3) is 0 Å². The first-order valence-corrected chi connectivity index (χ1v) is 14.5. The van der Waals surface area contributed by atoms with Crippen molar-refractivity contribution in [3.8, 4) is 17.6 Å². The number of hydrogen-bond donors (Lipinski definition) is 1. The van der Waals surface area contributed by atoms with Gasteiger partial charge in [-0.1, -0.05) is 32.6 Å². The average Bonchev–Trinajstić information content (AvgIpc) is 3.26. The molecule has 0 saturated carbocycles. The number of ether oxygens (including phenoxy) is 1. The van der Waals surface area contributed by atoms with Crippen LogP contribution in [0.1, 0.15) is 33.3 Å². The van der Waals surface area contributed by atoms with Crippen molar-refractivity contribution in [3.63, 3.8) is 0 Å². The van der Waals surface area contributed by atoms with Crippen LogP contribution in [0.5, 0.6) is 5.75 Å². The Morgan fingerprint density at radius 3 is 2.58 bits per heavy atom. The SMILES string of the molecule is CC(C)C#Cc1ccc2c(c1)O[C@@H](CN(C)S(=O)(=O)c1cn(C)cn1)[C@@H](C)CN([C@H](C)CO)S2(=O)=O. The number of aliphatic hydroxyl groups excluding tert-OH is 1. The minimum Gasteiger partial charge on any atom is -0.487 e. The number of sulfonamides is 2. The molecule has 3 rings (SSSR count). The van der Waals surface area contributed by atoms with E-state index in [4.69, 9.17) is 4.74 Å². The molecule has 0 amide bonds. The number of aliphatic hydroxyl groups is 1. The highest BCUT2D eigenvalue weighted by molar-refractivity contribution is 7.89. The normalized spacial score (nSPS) is 21.1. The van der Waals surface area contributed by atoms with Crippen LogP contribution in [-0.2, 0) is 27.1 Å². The fourth-order valence-corrected chi connectivity index (χ4v) is 6.75. The van der Waals surface area contributed by atoms with Gasteiger partial charge in [0.25, 0.3) is 10.0 Å². The highest BCUT2D eigenvalue weighted by Crippen LogP contribution is 2.34. The Morgan fingerprint density at radius 1 is 1.31 bits per heavy atom. The van der Waals surface area contributed by atoms with Crippen LogP contribution in [0.2, 0.25) is 0 Å². The van der Waals surface area contributed by atoms with Crippen LogP contribution in [0, 0.1) is 23.7 Å². The second kappa shape index (κ2) is 10.9. The number of imidazole rings is 1. The second-order valence-corrected chi connectivity index (χ2v) is 13.3. The zero-order valence-corrected chi connectivity index (χ0v) is 23.0. The largest absolute Gasteiger partial charge is 0.487 e. The standard InChI is InChI=1S/C24H34N4O6S2/c1-17(2)7-8-20-9-10-23-21(11-20)34-22(18(3)12-28(19(4)15-29)35(23,30)31)13-27(6)36(32,33)24-14-26(5)16-25-24/h9-11,14,16-19,22,29H,12-13,15H2,1-6H3/t18-,19+,22-/m0/s1. The first-order chi connectivity index (χ1) is 16.8. The average molecular weight is 539 g/mol. The Kier molecular flexibility index (Phi) is 8.52. The fourth-order valence-electron chi connectivity index (χ4n) is 3.78. The van der Waals surface area contributed by atoms with Crippen molar-refractivity contribution in [2.24, 2.45) is 18.9 Å². The summed E-state index contributed by atoms with van der Waals surface area (Å²) in [7, 11) is -4.78. The van der Waals surface area contributed by atoms with E-state index in [1.54, 1.807) is 37.6 Å². The van der Waals surface area contributed by atoms with E-state index in [1.807, 2.05) is 13.8 Å². The smallest absolute Gasteiger partial charge is 0.261 e. The summed E-state index contributed by atoms with van der Waals surface area (Å²) in [6, 6.07) is 3.96. The molecule has 198 valence electrons. The molecule has 36 heavy (non-hydrogen) atoms. The van der Waals surface area contributed by atoms with Crippen molar-refractivity contribution in [1.82, 2.24) is 18.2 Å². The molecular formula is C24H34N4O6S2. The quantitative estimate of drug-likeness (QED) is 0.554. The van der Waals surface area contributed by atoms with Crippen molar-refractivity contribution in [3.05, 3.63) is 36.3 Å². The number of hydrogen-bond acceptors (Lipinski definition) is 7. The zero-order chi connectivity index (χ0) is 26.8. The van der Waals surface area contributed by atoms with E-state index >= 15 is 0 Å². The number of likely N-dealkylation sites (N-methyl/N-ethyl adjacent to an activating group) is 1. The Morgan fingerprint density at radius 2 is 2.00 bits per heavy atom. The summed E-state index contributed by atoms with van der Waals surface area (Å²) in [6.45, 7) is 6.96. The first kappa shape index (κ1) is 28.1. The van der Waals surface area contributed by atoms with Crippen LogP contribution < -0.4 is 4.74 Å². The van der Waals surface area contributed by atoms with Crippen molar-refractivity contribution in [1.29, 1.82) is 0 Å². The van der Waals surface area contributed by atoms with E-state index in [2.05, 4.69) is 16.8 Å². The lowest BCUT2D eigenvalue weighted by molar-refractivity contribution is 0.0904. The molecule has 2 heterocycles. The minimum absolute atomic E-state index is 0.0389. The van der Waals surface area contributed by atoms with Gasteiger partial charge in [0.1, 0.15) is 16.7 Å². The van der Waals surface area contributed by atoms with Crippen molar-refractivity contribution >= 4 is 20.0 Å². The van der Waals surface area contributed by atoms with Gasteiger partial charge in [0, 0.05) is 50.3 Å². The van der Waals surface area contributed by atoms with Gasteiger partial charge in [-0.25, -0.2) is 21.8 Å². The van der Waals surface area contributed by atoms with Gasteiger partial charge < -0.3 is 14.4 Å².